The van der Waals surface area contributed by atoms with Crippen molar-refractivity contribution in [3.8, 4) is 0 Å². The molecular formula is C10H15NO2S. The number of ether oxygens (including phenoxy) is 1. The van der Waals surface area contributed by atoms with Gasteiger partial charge in [-0.05, 0) is 13.3 Å². The van der Waals surface area contributed by atoms with Crippen molar-refractivity contribution in [1.29, 1.82) is 0 Å². The first-order chi connectivity index (χ1) is 6.62. The van der Waals surface area contributed by atoms with E-state index in [1.54, 1.807) is 13.3 Å². The van der Waals surface area contributed by atoms with Gasteiger partial charge in [-0.15, -0.1) is 11.3 Å². The summed E-state index contributed by atoms with van der Waals surface area (Å²) in [5.41, 5.74) is -0.661. The van der Waals surface area contributed by atoms with E-state index in [9.17, 15) is 4.79 Å². The highest BCUT2D eigenvalue weighted by Gasteiger charge is 2.30. The number of thiazole rings is 1. The van der Waals surface area contributed by atoms with E-state index >= 15 is 0 Å². The minimum absolute atomic E-state index is 0.0949. The second-order valence-electron chi connectivity index (χ2n) is 3.31. The van der Waals surface area contributed by atoms with Crippen LogP contribution in [0.5, 0.6) is 0 Å². The molecule has 4 heteroatoms. The Balaban J connectivity index is 2.66. The lowest BCUT2D eigenvalue weighted by Gasteiger charge is -2.24. The van der Waals surface area contributed by atoms with Crippen molar-refractivity contribution < 1.29 is 9.53 Å². The summed E-state index contributed by atoms with van der Waals surface area (Å²) in [6.45, 7) is 3.77. The predicted octanol–water partition coefficient (Wildman–Crippen LogP) is 2.07. The van der Waals surface area contributed by atoms with Crippen molar-refractivity contribution in [3.05, 3.63) is 16.6 Å². The van der Waals surface area contributed by atoms with E-state index in [2.05, 4.69) is 4.98 Å². The molecular weight excluding hydrogens is 198 g/mol. The van der Waals surface area contributed by atoms with Crippen molar-refractivity contribution in [2.45, 2.75) is 32.3 Å². The van der Waals surface area contributed by atoms with Crippen LogP contribution >= 0.6 is 11.3 Å². The lowest BCUT2D eigenvalue weighted by Crippen LogP contribution is -2.37. The van der Waals surface area contributed by atoms with Gasteiger partial charge in [0.15, 0.2) is 5.78 Å². The van der Waals surface area contributed by atoms with Gasteiger partial charge in [-0.1, -0.05) is 6.92 Å². The molecule has 14 heavy (non-hydrogen) atoms. The molecule has 78 valence electrons. The summed E-state index contributed by atoms with van der Waals surface area (Å²) in [5, 5.41) is 2.73. The fourth-order valence-electron chi connectivity index (χ4n) is 1.12. The number of hydrogen-bond donors (Lipinski definition) is 0. The van der Waals surface area contributed by atoms with Crippen LogP contribution in [0.1, 0.15) is 25.3 Å². The Morgan fingerprint density at radius 2 is 2.43 bits per heavy atom. The Hall–Kier alpha value is -0.740. The summed E-state index contributed by atoms with van der Waals surface area (Å²) in [4.78, 5) is 15.9. The van der Waals surface area contributed by atoms with Crippen LogP contribution in [0.4, 0.5) is 0 Å². The number of carbonyl (C=O) groups excluding carboxylic acids is 1. The summed E-state index contributed by atoms with van der Waals surface area (Å²) in [7, 11) is 1.57. The highest BCUT2D eigenvalue weighted by molar-refractivity contribution is 7.09. The van der Waals surface area contributed by atoms with Crippen molar-refractivity contribution >= 4 is 17.1 Å². The molecule has 1 rings (SSSR count). The normalized spacial score (nSPS) is 15.1. The molecule has 0 amide bonds. The summed E-state index contributed by atoms with van der Waals surface area (Å²) in [6, 6.07) is 0. The number of nitrogens with zero attached hydrogens (tertiary/aromatic N) is 1. The zero-order chi connectivity index (χ0) is 10.6. The monoisotopic (exact) mass is 213 g/mol. The number of aromatic nitrogens is 1. The van der Waals surface area contributed by atoms with Crippen LogP contribution < -0.4 is 0 Å². The highest BCUT2D eigenvalue weighted by Crippen LogP contribution is 2.18. The third-order valence-electron chi connectivity index (χ3n) is 2.51. The number of hydrogen-bond acceptors (Lipinski definition) is 4. The van der Waals surface area contributed by atoms with Crippen LogP contribution in [0.25, 0.3) is 0 Å². The van der Waals surface area contributed by atoms with Crippen LogP contribution in [0.2, 0.25) is 0 Å². The Kier molecular flexibility index (Phi) is 3.77. The molecule has 0 saturated carbocycles. The molecule has 0 N–H and O–H groups in total. The lowest BCUT2D eigenvalue weighted by atomic mass is 9.95. The average molecular weight is 213 g/mol. The molecule has 0 aromatic carbocycles. The molecule has 3 nitrogen and oxygen atoms in total. The number of rotatable bonds is 5. The number of Topliss-reactive ketones (excluding diaryl/α,β-unsaturated/α-hetero) is 1. The summed E-state index contributed by atoms with van der Waals surface area (Å²) in [6.07, 6.45) is 2.77. The van der Waals surface area contributed by atoms with Crippen molar-refractivity contribution in [2.75, 3.05) is 7.11 Å². The van der Waals surface area contributed by atoms with Crippen LogP contribution in [0, 0.1) is 0 Å². The molecule has 0 radical (unpaired) electrons. The third-order valence-corrected chi connectivity index (χ3v) is 3.29. The van der Waals surface area contributed by atoms with Crippen molar-refractivity contribution in [1.82, 2.24) is 4.98 Å². The smallest absolute Gasteiger partial charge is 0.171 e. The summed E-state index contributed by atoms with van der Waals surface area (Å²) >= 11 is 1.50. The molecule has 1 atom stereocenters. The average Bonchev–Trinajstić information content (AvgIpc) is 2.69. The summed E-state index contributed by atoms with van der Waals surface area (Å²) in [5.74, 6) is 0.0949. The fraction of sp³-hybridized carbons (Fsp3) is 0.600. The predicted molar refractivity (Wildman–Crippen MR) is 56.5 cm³/mol. The molecule has 0 aliphatic carbocycles. The summed E-state index contributed by atoms with van der Waals surface area (Å²) < 4.78 is 5.22. The molecule has 0 spiro atoms. The molecule has 0 fully saturated rings. The largest absolute Gasteiger partial charge is 0.371 e. The molecule has 1 unspecified atom stereocenters. The second kappa shape index (κ2) is 4.66. The molecule has 1 aromatic rings. The second-order valence-corrected chi connectivity index (χ2v) is 4.29. The Labute approximate surface area is 88.1 Å². The van der Waals surface area contributed by atoms with E-state index in [4.69, 9.17) is 4.74 Å². The van der Waals surface area contributed by atoms with Gasteiger partial charge >= 0.3 is 0 Å². The first-order valence-electron chi connectivity index (χ1n) is 4.59. The van der Waals surface area contributed by atoms with Gasteiger partial charge in [0.1, 0.15) is 5.60 Å². The quantitative estimate of drug-likeness (QED) is 0.751. The van der Waals surface area contributed by atoms with Gasteiger partial charge in [0.2, 0.25) is 0 Å². The molecule has 0 aliphatic rings. The molecule has 0 aliphatic heterocycles. The third kappa shape index (κ3) is 2.39. The van der Waals surface area contributed by atoms with Gasteiger partial charge in [-0.2, -0.15) is 0 Å². The maximum atomic E-state index is 11.8. The number of carbonyl (C=O) groups is 1. The maximum absolute atomic E-state index is 11.8. The van der Waals surface area contributed by atoms with E-state index < -0.39 is 5.60 Å². The highest BCUT2D eigenvalue weighted by atomic mass is 32.1. The van der Waals surface area contributed by atoms with E-state index in [0.717, 1.165) is 5.01 Å². The lowest BCUT2D eigenvalue weighted by molar-refractivity contribution is -0.138. The van der Waals surface area contributed by atoms with Crippen molar-refractivity contribution in [3.63, 3.8) is 0 Å². The van der Waals surface area contributed by atoms with Gasteiger partial charge in [-0.25, -0.2) is 4.98 Å². The first kappa shape index (κ1) is 11.3. The topological polar surface area (TPSA) is 39.2 Å². The van der Waals surface area contributed by atoms with Crippen LogP contribution in [-0.4, -0.2) is 23.5 Å². The minimum atomic E-state index is -0.661. The minimum Gasteiger partial charge on any atom is -0.371 e. The van der Waals surface area contributed by atoms with Crippen LogP contribution in [-0.2, 0) is 16.0 Å². The van der Waals surface area contributed by atoms with Gasteiger partial charge in [-0.3, -0.25) is 4.79 Å². The number of methoxy groups -OCH3 is 1. The van der Waals surface area contributed by atoms with Gasteiger partial charge in [0, 0.05) is 18.7 Å². The molecule has 0 saturated heterocycles. The van der Waals surface area contributed by atoms with Gasteiger partial charge in [0.25, 0.3) is 0 Å². The van der Waals surface area contributed by atoms with Crippen LogP contribution in [0.15, 0.2) is 11.6 Å². The molecule has 1 heterocycles. The van der Waals surface area contributed by atoms with E-state index in [-0.39, 0.29) is 5.78 Å². The number of ketones is 1. The Bertz CT molecular complexity index is 291. The van der Waals surface area contributed by atoms with Crippen molar-refractivity contribution in [2.24, 2.45) is 0 Å². The maximum Gasteiger partial charge on any atom is 0.171 e. The standard InChI is InChI=1S/C10H15NO2S/c1-4-10(2,13-3)8(12)7-9-11-5-6-14-9/h5-6H,4,7H2,1-3H3. The van der Waals surface area contributed by atoms with E-state index in [0.29, 0.717) is 12.8 Å². The zero-order valence-electron chi connectivity index (χ0n) is 8.74. The van der Waals surface area contributed by atoms with Gasteiger partial charge < -0.3 is 4.74 Å². The zero-order valence-corrected chi connectivity index (χ0v) is 9.56. The van der Waals surface area contributed by atoms with Gasteiger partial charge in [0.05, 0.1) is 11.4 Å². The first-order valence-corrected chi connectivity index (χ1v) is 5.47. The Morgan fingerprint density at radius 3 is 2.86 bits per heavy atom. The SMILES string of the molecule is CCC(C)(OC)C(=O)Cc1nccs1. The van der Waals surface area contributed by atoms with E-state index in [1.807, 2.05) is 19.2 Å². The fourth-order valence-corrected chi connectivity index (χ4v) is 1.73. The molecule has 1 aromatic heterocycles. The van der Waals surface area contributed by atoms with Crippen LogP contribution in [0.3, 0.4) is 0 Å². The Morgan fingerprint density at radius 1 is 1.71 bits per heavy atom. The molecule has 0 bridgehead atoms. The van der Waals surface area contributed by atoms with E-state index in [1.165, 1.54) is 11.3 Å².